The van der Waals surface area contributed by atoms with Gasteiger partial charge < -0.3 is 9.47 Å². The van der Waals surface area contributed by atoms with Gasteiger partial charge in [0.25, 0.3) is 0 Å². The molecule has 1 rings (SSSR count). The predicted octanol–water partition coefficient (Wildman–Crippen LogP) is 2.25. The summed E-state index contributed by atoms with van der Waals surface area (Å²) in [5, 5.41) is 0. The zero-order valence-corrected chi connectivity index (χ0v) is 9.67. The largest absolute Gasteiger partial charge is 0.496 e. The van der Waals surface area contributed by atoms with E-state index in [0.29, 0.717) is 17.9 Å². The molecular weight excluding hydrogens is 212 g/mol. The van der Waals surface area contributed by atoms with E-state index in [1.807, 2.05) is 6.26 Å². The van der Waals surface area contributed by atoms with E-state index in [1.54, 1.807) is 30.0 Å². The Bertz CT molecular complexity index is 326. The number of methoxy groups -OCH3 is 1. The van der Waals surface area contributed by atoms with Gasteiger partial charge in [-0.15, -0.1) is 0 Å². The SMILES string of the molecule is COc1cc(OCCSC)ccc1C=O. The van der Waals surface area contributed by atoms with Crippen LogP contribution in [-0.2, 0) is 0 Å². The van der Waals surface area contributed by atoms with E-state index in [2.05, 4.69) is 0 Å². The highest BCUT2D eigenvalue weighted by molar-refractivity contribution is 7.98. The summed E-state index contributed by atoms with van der Waals surface area (Å²) in [5.74, 6) is 2.22. The minimum atomic E-state index is 0.537. The molecule has 0 aromatic heterocycles. The summed E-state index contributed by atoms with van der Waals surface area (Å²) >= 11 is 1.73. The maximum atomic E-state index is 10.6. The van der Waals surface area contributed by atoms with Crippen LogP contribution in [0.15, 0.2) is 18.2 Å². The molecule has 0 aliphatic carbocycles. The van der Waals surface area contributed by atoms with Crippen molar-refractivity contribution in [2.75, 3.05) is 25.7 Å². The first kappa shape index (κ1) is 11.9. The van der Waals surface area contributed by atoms with Crippen molar-refractivity contribution in [1.82, 2.24) is 0 Å². The number of aldehydes is 1. The standard InChI is InChI=1S/C11H14O3S/c1-13-11-7-10(14-5-6-15-2)4-3-9(11)8-12/h3-4,7-8H,5-6H2,1-2H3. The summed E-state index contributed by atoms with van der Waals surface area (Å²) in [6.45, 7) is 0.657. The van der Waals surface area contributed by atoms with Crippen molar-refractivity contribution in [3.63, 3.8) is 0 Å². The average molecular weight is 226 g/mol. The van der Waals surface area contributed by atoms with Gasteiger partial charge in [-0.2, -0.15) is 11.8 Å². The molecule has 1 aromatic carbocycles. The van der Waals surface area contributed by atoms with E-state index in [1.165, 1.54) is 7.11 Å². The van der Waals surface area contributed by atoms with Crippen LogP contribution in [0.25, 0.3) is 0 Å². The van der Waals surface area contributed by atoms with Crippen molar-refractivity contribution < 1.29 is 14.3 Å². The van der Waals surface area contributed by atoms with Crippen molar-refractivity contribution in [1.29, 1.82) is 0 Å². The molecule has 0 radical (unpaired) electrons. The maximum Gasteiger partial charge on any atom is 0.153 e. The monoisotopic (exact) mass is 226 g/mol. The third-order valence-electron chi connectivity index (χ3n) is 1.89. The normalized spacial score (nSPS) is 9.73. The van der Waals surface area contributed by atoms with Crippen LogP contribution in [0.5, 0.6) is 11.5 Å². The fourth-order valence-electron chi connectivity index (χ4n) is 1.12. The average Bonchev–Trinajstić information content (AvgIpc) is 2.29. The van der Waals surface area contributed by atoms with E-state index < -0.39 is 0 Å². The van der Waals surface area contributed by atoms with Crippen molar-refractivity contribution in [3.8, 4) is 11.5 Å². The second-order valence-electron chi connectivity index (χ2n) is 2.86. The van der Waals surface area contributed by atoms with Crippen LogP contribution in [0.4, 0.5) is 0 Å². The zero-order valence-electron chi connectivity index (χ0n) is 8.86. The molecule has 0 bridgehead atoms. The van der Waals surface area contributed by atoms with Gasteiger partial charge >= 0.3 is 0 Å². The third kappa shape index (κ3) is 3.47. The molecule has 3 nitrogen and oxygen atoms in total. The zero-order chi connectivity index (χ0) is 11.1. The fraction of sp³-hybridized carbons (Fsp3) is 0.364. The van der Waals surface area contributed by atoms with E-state index >= 15 is 0 Å². The Hall–Kier alpha value is -1.16. The second-order valence-corrected chi connectivity index (χ2v) is 3.85. The van der Waals surface area contributed by atoms with Crippen LogP contribution in [-0.4, -0.2) is 32.0 Å². The Morgan fingerprint density at radius 3 is 2.87 bits per heavy atom. The summed E-state index contributed by atoms with van der Waals surface area (Å²) in [7, 11) is 1.54. The van der Waals surface area contributed by atoms with Gasteiger partial charge in [-0.1, -0.05) is 0 Å². The van der Waals surface area contributed by atoms with E-state index in [-0.39, 0.29) is 0 Å². The van der Waals surface area contributed by atoms with Gasteiger partial charge in [-0.25, -0.2) is 0 Å². The number of hydrogen-bond acceptors (Lipinski definition) is 4. The smallest absolute Gasteiger partial charge is 0.153 e. The molecule has 0 atom stereocenters. The quantitative estimate of drug-likeness (QED) is 0.550. The highest BCUT2D eigenvalue weighted by Gasteiger charge is 2.03. The minimum Gasteiger partial charge on any atom is -0.496 e. The first-order valence-corrected chi connectivity index (χ1v) is 5.96. The number of carbonyl (C=O) groups is 1. The maximum absolute atomic E-state index is 10.6. The van der Waals surface area contributed by atoms with Crippen molar-refractivity contribution in [2.24, 2.45) is 0 Å². The summed E-state index contributed by atoms with van der Waals surface area (Å²) in [5.41, 5.74) is 0.537. The van der Waals surface area contributed by atoms with Crippen LogP contribution in [0.1, 0.15) is 10.4 Å². The van der Waals surface area contributed by atoms with E-state index in [0.717, 1.165) is 17.8 Å². The highest BCUT2D eigenvalue weighted by Crippen LogP contribution is 2.23. The summed E-state index contributed by atoms with van der Waals surface area (Å²) in [4.78, 5) is 10.6. The molecule has 0 saturated carbocycles. The Kier molecular flexibility index (Phi) is 5.04. The van der Waals surface area contributed by atoms with Crippen LogP contribution < -0.4 is 9.47 Å². The van der Waals surface area contributed by atoms with Crippen LogP contribution in [0.3, 0.4) is 0 Å². The predicted molar refractivity (Wildman–Crippen MR) is 62.3 cm³/mol. The molecule has 82 valence electrons. The molecule has 0 saturated heterocycles. The molecule has 0 spiro atoms. The molecule has 0 aliphatic heterocycles. The number of benzene rings is 1. The summed E-state index contributed by atoms with van der Waals surface area (Å²) < 4.78 is 10.5. The Morgan fingerprint density at radius 1 is 1.47 bits per heavy atom. The molecule has 1 aromatic rings. The van der Waals surface area contributed by atoms with Gasteiger partial charge in [0.15, 0.2) is 6.29 Å². The number of ether oxygens (including phenoxy) is 2. The lowest BCUT2D eigenvalue weighted by Crippen LogP contribution is -2.00. The van der Waals surface area contributed by atoms with Gasteiger partial charge in [0.05, 0.1) is 19.3 Å². The lowest BCUT2D eigenvalue weighted by atomic mass is 10.2. The summed E-state index contributed by atoms with van der Waals surface area (Å²) in [6.07, 6.45) is 2.80. The number of thioether (sulfide) groups is 1. The Balaban J connectivity index is 2.70. The Morgan fingerprint density at radius 2 is 2.27 bits per heavy atom. The van der Waals surface area contributed by atoms with Gasteiger partial charge in [0.2, 0.25) is 0 Å². The van der Waals surface area contributed by atoms with Crippen molar-refractivity contribution in [3.05, 3.63) is 23.8 Å². The summed E-state index contributed by atoms with van der Waals surface area (Å²) in [6, 6.07) is 5.19. The van der Waals surface area contributed by atoms with Gasteiger partial charge in [0.1, 0.15) is 11.5 Å². The van der Waals surface area contributed by atoms with Gasteiger partial charge in [-0.3, -0.25) is 4.79 Å². The van der Waals surface area contributed by atoms with Crippen molar-refractivity contribution >= 4 is 18.0 Å². The third-order valence-corrected chi connectivity index (χ3v) is 2.46. The molecule has 0 fully saturated rings. The lowest BCUT2D eigenvalue weighted by Gasteiger charge is -2.08. The number of carbonyl (C=O) groups excluding carboxylic acids is 1. The van der Waals surface area contributed by atoms with Gasteiger partial charge in [-0.05, 0) is 18.4 Å². The van der Waals surface area contributed by atoms with E-state index in [4.69, 9.17) is 9.47 Å². The first-order valence-electron chi connectivity index (χ1n) is 4.56. The van der Waals surface area contributed by atoms with Gasteiger partial charge in [0, 0.05) is 11.8 Å². The topological polar surface area (TPSA) is 35.5 Å². The fourth-order valence-corrected chi connectivity index (χ4v) is 1.37. The highest BCUT2D eigenvalue weighted by atomic mass is 32.2. The van der Waals surface area contributed by atoms with Crippen molar-refractivity contribution in [2.45, 2.75) is 0 Å². The first-order chi connectivity index (χ1) is 7.31. The molecule has 15 heavy (non-hydrogen) atoms. The number of hydrogen-bond donors (Lipinski definition) is 0. The second kappa shape index (κ2) is 6.35. The lowest BCUT2D eigenvalue weighted by molar-refractivity contribution is 0.112. The molecular formula is C11H14O3S. The molecule has 0 unspecified atom stereocenters. The molecule has 4 heteroatoms. The van der Waals surface area contributed by atoms with Crippen LogP contribution >= 0.6 is 11.8 Å². The molecule has 0 amide bonds. The van der Waals surface area contributed by atoms with Crippen LogP contribution in [0, 0.1) is 0 Å². The number of rotatable bonds is 6. The van der Waals surface area contributed by atoms with E-state index in [9.17, 15) is 4.79 Å². The minimum absolute atomic E-state index is 0.537. The Labute approximate surface area is 93.8 Å². The van der Waals surface area contributed by atoms with Crippen LogP contribution in [0.2, 0.25) is 0 Å². The molecule has 0 aliphatic rings. The molecule has 0 heterocycles. The molecule has 0 N–H and O–H groups in total.